The van der Waals surface area contributed by atoms with Crippen molar-refractivity contribution in [2.45, 2.75) is 13.3 Å². The number of halogens is 1. The van der Waals surface area contributed by atoms with Crippen LogP contribution in [-0.2, 0) is 4.79 Å². The first-order valence-electron chi connectivity index (χ1n) is 8.05. The average molecular weight is 381 g/mol. The van der Waals surface area contributed by atoms with E-state index >= 15 is 0 Å². The van der Waals surface area contributed by atoms with Crippen LogP contribution in [0.25, 0.3) is 10.9 Å². The van der Waals surface area contributed by atoms with Crippen LogP contribution in [-0.4, -0.2) is 47.5 Å². The summed E-state index contributed by atoms with van der Waals surface area (Å²) in [5.74, 6) is -3.75. The highest BCUT2D eigenvalue weighted by molar-refractivity contribution is 7.78. The number of hydrogen-bond acceptors (Lipinski definition) is 6. The number of thiol groups is 1. The number of fused-ring (bicyclic) bond motifs is 1. The minimum Gasteiger partial charge on any atom is -0.475 e. The number of nitrogens with one attached hydrogen (secondary N) is 1. The fraction of sp³-hybridized carbons (Fsp3) is 0.353. The highest BCUT2D eigenvalue weighted by Crippen LogP contribution is 2.24. The molecule has 0 spiro atoms. The van der Waals surface area contributed by atoms with E-state index in [1.165, 1.54) is 6.07 Å². The van der Waals surface area contributed by atoms with Gasteiger partial charge in [-0.15, -0.1) is 0 Å². The van der Waals surface area contributed by atoms with Crippen LogP contribution in [0.4, 0.5) is 10.1 Å². The molecular formula is C17H20FN3O4S. The number of benzene rings is 1. The highest BCUT2D eigenvalue weighted by atomic mass is 32.1. The minimum absolute atomic E-state index is 0.106. The molecule has 1 aromatic heterocycles. The molecule has 2 aromatic rings. The number of anilines is 1. The second-order valence-corrected chi connectivity index (χ2v) is 6.27. The molecule has 2 N–H and O–H groups in total. The summed E-state index contributed by atoms with van der Waals surface area (Å²) in [4.78, 5) is 36.6. The third kappa shape index (κ3) is 4.05. The second kappa shape index (κ2) is 8.33. The van der Waals surface area contributed by atoms with Gasteiger partial charge in [-0.1, -0.05) is 19.7 Å². The number of pyridine rings is 1. The Morgan fingerprint density at radius 3 is 2.65 bits per heavy atom. The SMILES string of the molecule is CCCNCCN(C)c1cc2c(cc1F)c(=O)c(C(=O)C(=O)O)cn2S. The summed E-state index contributed by atoms with van der Waals surface area (Å²) in [5.41, 5.74) is -0.847. The maximum atomic E-state index is 14.5. The summed E-state index contributed by atoms with van der Waals surface area (Å²) in [6.45, 7) is 4.13. The number of carboxylic acids is 1. The Hall–Kier alpha value is -2.39. The van der Waals surface area contributed by atoms with E-state index in [1.807, 2.05) is 0 Å². The Bertz CT molecular complexity index is 913. The van der Waals surface area contributed by atoms with Crippen LogP contribution in [0.2, 0.25) is 0 Å². The standard InChI is InChI=1S/C17H20FN3O4S/c1-3-4-19-5-6-20(2)14-8-13-10(7-12(14)18)15(22)11(9-21(13)26)16(23)17(24)25/h7-9,19,26H,3-6H2,1-2H3,(H,24,25). The van der Waals surface area contributed by atoms with Gasteiger partial charge in [0.15, 0.2) is 0 Å². The number of carbonyl (C=O) groups is 2. The molecule has 0 aliphatic carbocycles. The monoisotopic (exact) mass is 381 g/mol. The van der Waals surface area contributed by atoms with Gasteiger partial charge in [-0.3, -0.25) is 13.6 Å². The number of nitrogens with zero attached hydrogens (tertiary/aromatic N) is 2. The molecule has 0 saturated heterocycles. The van der Waals surface area contributed by atoms with Gasteiger partial charge in [0.25, 0.3) is 5.78 Å². The van der Waals surface area contributed by atoms with Gasteiger partial charge in [0, 0.05) is 26.3 Å². The first-order chi connectivity index (χ1) is 12.3. The molecule has 1 aromatic carbocycles. The van der Waals surface area contributed by atoms with Gasteiger partial charge < -0.3 is 15.3 Å². The Morgan fingerprint density at radius 1 is 1.35 bits per heavy atom. The third-order valence-electron chi connectivity index (χ3n) is 3.95. The Labute approximate surface area is 155 Å². The quantitative estimate of drug-likeness (QED) is 0.278. The summed E-state index contributed by atoms with van der Waals surface area (Å²) < 4.78 is 15.7. The zero-order chi connectivity index (χ0) is 19.4. The van der Waals surface area contributed by atoms with E-state index in [2.05, 4.69) is 25.1 Å². The number of rotatable bonds is 8. The normalized spacial score (nSPS) is 10.9. The molecule has 0 atom stereocenters. The second-order valence-electron chi connectivity index (χ2n) is 5.84. The van der Waals surface area contributed by atoms with Crippen molar-refractivity contribution in [1.29, 1.82) is 0 Å². The average Bonchev–Trinajstić information content (AvgIpc) is 2.60. The molecule has 26 heavy (non-hydrogen) atoms. The van der Waals surface area contributed by atoms with E-state index in [9.17, 15) is 18.8 Å². The Kier molecular flexibility index (Phi) is 6.38. The predicted molar refractivity (Wildman–Crippen MR) is 101 cm³/mol. The molecule has 0 unspecified atom stereocenters. The van der Waals surface area contributed by atoms with Crippen molar-refractivity contribution in [3.05, 3.63) is 39.9 Å². The summed E-state index contributed by atoms with van der Waals surface area (Å²) in [7, 11) is 1.72. The van der Waals surface area contributed by atoms with Crippen molar-refractivity contribution in [2.75, 3.05) is 31.6 Å². The van der Waals surface area contributed by atoms with Crippen LogP contribution in [0, 0.1) is 5.82 Å². The van der Waals surface area contributed by atoms with Gasteiger partial charge >= 0.3 is 5.97 Å². The number of hydrogen-bond donors (Lipinski definition) is 3. The lowest BCUT2D eigenvalue weighted by molar-refractivity contribution is -0.131. The van der Waals surface area contributed by atoms with Crippen LogP contribution in [0.5, 0.6) is 0 Å². The first kappa shape index (κ1) is 19.9. The predicted octanol–water partition coefficient (Wildman–Crippen LogP) is 1.54. The molecule has 0 fully saturated rings. The molecular weight excluding hydrogens is 361 g/mol. The van der Waals surface area contributed by atoms with E-state index in [0.717, 1.165) is 29.2 Å². The maximum Gasteiger partial charge on any atom is 0.377 e. The van der Waals surface area contributed by atoms with Crippen molar-refractivity contribution < 1.29 is 19.1 Å². The maximum absolute atomic E-state index is 14.5. The largest absolute Gasteiger partial charge is 0.475 e. The molecule has 9 heteroatoms. The topological polar surface area (TPSA) is 91.6 Å². The number of Topliss-reactive ketones (excluding diaryl/α,β-unsaturated/α-hetero) is 1. The molecule has 7 nitrogen and oxygen atoms in total. The summed E-state index contributed by atoms with van der Waals surface area (Å²) in [6, 6.07) is 2.46. The van der Waals surface area contributed by atoms with E-state index in [0.29, 0.717) is 13.1 Å². The van der Waals surface area contributed by atoms with Gasteiger partial charge in [0.1, 0.15) is 5.82 Å². The van der Waals surface area contributed by atoms with Crippen molar-refractivity contribution >= 4 is 41.2 Å². The minimum atomic E-state index is -1.76. The number of aliphatic carboxylic acids is 1. The van der Waals surface area contributed by atoms with Gasteiger partial charge in [0.05, 0.1) is 22.2 Å². The fourth-order valence-corrected chi connectivity index (χ4v) is 2.84. The lowest BCUT2D eigenvalue weighted by Gasteiger charge is -2.21. The van der Waals surface area contributed by atoms with Crippen LogP contribution in [0.3, 0.4) is 0 Å². The van der Waals surface area contributed by atoms with Crippen molar-refractivity contribution in [1.82, 2.24) is 9.29 Å². The van der Waals surface area contributed by atoms with E-state index < -0.39 is 28.6 Å². The molecule has 0 saturated carbocycles. The van der Waals surface area contributed by atoms with E-state index in [-0.39, 0.29) is 16.6 Å². The van der Waals surface area contributed by atoms with Gasteiger partial charge in [-0.2, -0.15) is 0 Å². The lowest BCUT2D eigenvalue weighted by atomic mass is 10.1. The Balaban J connectivity index is 2.46. The van der Waals surface area contributed by atoms with E-state index in [4.69, 9.17) is 5.11 Å². The lowest BCUT2D eigenvalue weighted by Crippen LogP contribution is -2.30. The molecule has 0 aliphatic heterocycles. The van der Waals surface area contributed by atoms with Crippen molar-refractivity contribution in [3.63, 3.8) is 0 Å². The summed E-state index contributed by atoms with van der Waals surface area (Å²) in [5, 5.41) is 11.9. The molecule has 0 radical (unpaired) electrons. The van der Waals surface area contributed by atoms with Crippen molar-refractivity contribution in [2.24, 2.45) is 0 Å². The van der Waals surface area contributed by atoms with Crippen LogP contribution >= 0.6 is 12.8 Å². The van der Waals surface area contributed by atoms with Crippen LogP contribution in [0.15, 0.2) is 23.1 Å². The summed E-state index contributed by atoms with van der Waals surface area (Å²) in [6.07, 6.45) is 2.03. The van der Waals surface area contributed by atoms with Crippen LogP contribution < -0.4 is 15.6 Å². The molecule has 0 aliphatic rings. The van der Waals surface area contributed by atoms with Crippen LogP contribution in [0.1, 0.15) is 23.7 Å². The number of carbonyl (C=O) groups excluding carboxylic acids is 1. The number of ketones is 1. The fourth-order valence-electron chi connectivity index (χ4n) is 2.56. The van der Waals surface area contributed by atoms with Crippen molar-refractivity contribution in [3.8, 4) is 0 Å². The molecule has 0 bridgehead atoms. The number of likely N-dealkylation sites (N-methyl/N-ethyl adjacent to an activating group) is 1. The van der Waals surface area contributed by atoms with Gasteiger partial charge in [-0.05, 0) is 25.1 Å². The van der Waals surface area contributed by atoms with E-state index in [1.54, 1.807) is 11.9 Å². The third-order valence-corrected chi connectivity index (χ3v) is 4.28. The molecule has 2 rings (SSSR count). The molecule has 0 amide bonds. The number of carboxylic acid groups (broad SMARTS) is 1. The zero-order valence-electron chi connectivity index (χ0n) is 14.5. The number of aromatic nitrogens is 1. The molecule has 140 valence electrons. The zero-order valence-corrected chi connectivity index (χ0v) is 15.3. The van der Waals surface area contributed by atoms with Gasteiger partial charge in [0.2, 0.25) is 5.43 Å². The summed E-state index contributed by atoms with van der Waals surface area (Å²) >= 11 is 4.16. The van der Waals surface area contributed by atoms with Gasteiger partial charge in [-0.25, -0.2) is 9.18 Å². The highest BCUT2D eigenvalue weighted by Gasteiger charge is 2.22. The smallest absolute Gasteiger partial charge is 0.377 e. The first-order valence-corrected chi connectivity index (χ1v) is 8.45. The molecule has 1 heterocycles. The Morgan fingerprint density at radius 2 is 2.04 bits per heavy atom.